The van der Waals surface area contributed by atoms with Gasteiger partial charge in [0, 0.05) is 32.6 Å². The molecule has 18 nitrogen and oxygen atoms in total. The molecule has 3 aromatic rings. The van der Waals surface area contributed by atoms with Crippen LogP contribution in [0.1, 0.15) is 42.4 Å². The van der Waals surface area contributed by atoms with Crippen molar-refractivity contribution in [3.63, 3.8) is 0 Å². The summed E-state index contributed by atoms with van der Waals surface area (Å²) in [5, 5.41) is 105. The third-order valence-electron chi connectivity index (χ3n) is 10.4. The van der Waals surface area contributed by atoms with Crippen LogP contribution in [0.2, 0.25) is 0 Å². The molecule has 9 atom stereocenters. The van der Waals surface area contributed by atoms with Gasteiger partial charge in [-0.2, -0.15) is 0 Å². The zero-order valence-electron chi connectivity index (χ0n) is 34.9. The highest BCUT2D eigenvalue weighted by Gasteiger charge is 2.35. The number of benzene rings is 3. The minimum Gasteiger partial charge on any atom is -0.467 e. The van der Waals surface area contributed by atoms with Crippen LogP contribution < -0.4 is 10.6 Å². The van der Waals surface area contributed by atoms with Crippen molar-refractivity contribution in [3.8, 4) is 11.1 Å². The van der Waals surface area contributed by atoms with Gasteiger partial charge in [0.05, 0.1) is 32.5 Å². The molecule has 0 fully saturated rings. The van der Waals surface area contributed by atoms with Gasteiger partial charge in [-0.05, 0) is 59.9 Å². The van der Waals surface area contributed by atoms with Gasteiger partial charge >= 0.3 is 12.1 Å². The molecule has 0 radical (unpaired) electrons. The highest BCUT2D eigenvalue weighted by molar-refractivity contribution is 5.84. The van der Waals surface area contributed by atoms with E-state index in [4.69, 9.17) is 19.7 Å². The molecule has 3 rings (SSSR count). The zero-order chi connectivity index (χ0) is 45.6. The molecule has 0 aliphatic carbocycles. The second-order valence-corrected chi connectivity index (χ2v) is 15.1. The number of aliphatic hydroxyl groups excluding tert-OH is 10. The summed E-state index contributed by atoms with van der Waals surface area (Å²) in [7, 11) is 1.12. The first-order valence-corrected chi connectivity index (χ1v) is 20.6. The van der Waals surface area contributed by atoms with Crippen LogP contribution >= 0.6 is 0 Å². The van der Waals surface area contributed by atoms with Gasteiger partial charge in [0.25, 0.3) is 0 Å². The average molecular weight is 874 g/mol. The molecule has 344 valence electrons. The van der Waals surface area contributed by atoms with Gasteiger partial charge < -0.3 is 71.2 Å². The van der Waals surface area contributed by atoms with Crippen LogP contribution in [0.15, 0.2) is 78.9 Å². The lowest BCUT2D eigenvalue weighted by Crippen LogP contribution is -2.54. The Morgan fingerprint density at radius 2 is 1.13 bits per heavy atom. The summed E-state index contributed by atoms with van der Waals surface area (Å²) in [5.74, 6) is -1.30. The van der Waals surface area contributed by atoms with Crippen molar-refractivity contribution >= 4 is 18.0 Å². The van der Waals surface area contributed by atoms with E-state index in [0.29, 0.717) is 13.0 Å². The number of aryl methyl sites for hydroxylation is 2. The van der Waals surface area contributed by atoms with E-state index in [9.17, 15) is 55.2 Å². The number of amides is 2. The number of esters is 1. The molecule has 18 heteroatoms. The quantitative estimate of drug-likeness (QED) is 0.0300. The van der Waals surface area contributed by atoms with E-state index in [1.165, 1.54) is 10.5 Å². The second kappa shape index (κ2) is 27.5. The lowest BCUT2D eigenvalue weighted by Gasteiger charge is -2.34. The number of hydrogen-bond acceptors (Lipinski definition) is 16. The standard InChI is InChI=1S/C44H63N3O15/c1-61-43(59)33(20-22-47(23-34(50)39(55)41(57)36(52)25-48)24-35(51)40(56)42(58)37(53)26-49)46-38(54)19-14-29-12-17-32(18-13-29)31-15-10-28(11-16-31)7-5-6-21-45-44(60)62-27-30-8-3-2-4-9-30/h2-4,8-13,15-18,33-37,39-42,48-53,55-58H,5-7,14,19-27H2,1H3,(H,45,60)(H,46,54)/t33-,34-,35-,36+,37+,39+,40+,41+,42+/m0/s1. The van der Waals surface area contributed by atoms with Gasteiger partial charge in [-0.3, -0.25) is 9.69 Å². The van der Waals surface area contributed by atoms with E-state index >= 15 is 0 Å². The molecule has 0 saturated carbocycles. The predicted octanol–water partition coefficient (Wildman–Crippen LogP) is -1.24. The van der Waals surface area contributed by atoms with Gasteiger partial charge in [-0.1, -0.05) is 78.9 Å². The van der Waals surface area contributed by atoms with Crippen LogP contribution in [0.4, 0.5) is 4.79 Å². The Morgan fingerprint density at radius 1 is 0.629 bits per heavy atom. The second-order valence-electron chi connectivity index (χ2n) is 15.1. The smallest absolute Gasteiger partial charge is 0.407 e. The normalized spacial score (nSPS) is 15.9. The summed E-state index contributed by atoms with van der Waals surface area (Å²) in [5.41, 5.74) is 4.94. The van der Waals surface area contributed by atoms with E-state index in [2.05, 4.69) is 22.8 Å². The molecule has 0 spiro atoms. The number of nitrogens with one attached hydrogen (secondary N) is 2. The van der Waals surface area contributed by atoms with Crippen molar-refractivity contribution in [1.82, 2.24) is 15.5 Å². The Morgan fingerprint density at radius 3 is 1.63 bits per heavy atom. The van der Waals surface area contributed by atoms with Crippen molar-refractivity contribution in [2.75, 3.05) is 46.5 Å². The van der Waals surface area contributed by atoms with Gasteiger partial charge in [0.1, 0.15) is 49.3 Å². The fourth-order valence-corrected chi connectivity index (χ4v) is 6.50. The first kappa shape index (κ1) is 51.8. The van der Waals surface area contributed by atoms with E-state index in [1.807, 2.05) is 66.7 Å². The number of methoxy groups -OCH3 is 1. The lowest BCUT2D eigenvalue weighted by molar-refractivity contribution is -0.145. The Bertz CT molecular complexity index is 1710. The molecule has 3 aromatic carbocycles. The summed E-state index contributed by atoms with van der Waals surface area (Å²) in [6.07, 6.45) is -12.9. The topological polar surface area (TPSA) is 299 Å². The molecular weight excluding hydrogens is 810 g/mol. The van der Waals surface area contributed by atoms with Crippen molar-refractivity contribution < 1.29 is 74.9 Å². The number of aliphatic hydroxyl groups is 10. The van der Waals surface area contributed by atoms with Crippen molar-refractivity contribution in [2.45, 2.75) is 100 Å². The van der Waals surface area contributed by atoms with Crippen LogP contribution in [0.25, 0.3) is 11.1 Å². The predicted molar refractivity (Wildman–Crippen MR) is 225 cm³/mol. The maximum atomic E-state index is 13.1. The van der Waals surface area contributed by atoms with E-state index < -0.39 is 99.1 Å². The Hall–Kier alpha value is -4.57. The maximum Gasteiger partial charge on any atom is 0.407 e. The zero-order valence-corrected chi connectivity index (χ0v) is 34.9. The molecule has 0 aromatic heterocycles. The molecule has 2 amide bonds. The minimum atomic E-state index is -1.99. The molecule has 12 N–H and O–H groups in total. The van der Waals surface area contributed by atoms with Gasteiger partial charge in [-0.25, -0.2) is 9.59 Å². The summed E-state index contributed by atoms with van der Waals surface area (Å²) in [6, 6.07) is 24.1. The van der Waals surface area contributed by atoms with E-state index in [0.717, 1.165) is 48.6 Å². The first-order valence-electron chi connectivity index (χ1n) is 20.6. The van der Waals surface area contributed by atoms with Crippen molar-refractivity contribution in [3.05, 3.63) is 95.6 Å². The van der Waals surface area contributed by atoms with Gasteiger partial charge in [0.15, 0.2) is 0 Å². The summed E-state index contributed by atoms with van der Waals surface area (Å²) in [4.78, 5) is 38.9. The highest BCUT2D eigenvalue weighted by atomic mass is 16.5. The SMILES string of the molecule is COC(=O)[C@H](CCN(C[C@H](O)[C@@H](O)[C@H](O)[C@H](O)CO)C[C@H](O)[C@@H](O)[C@H](O)[C@H](O)CO)NC(=O)CCc1ccc(-c2ccc(CCCCNC(=O)OCc3ccccc3)cc2)cc1. The largest absolute Gasteiger partial charge is 0.467 e. The molecule has 0 aliphatic heterocycles. The Balaban J connectivity index is 1.50. The Kier molecular flexibility index (Phi) is 23.0. The van der Waals surface area contributed by atoms with E-state index in [-0.39, 0.29) is 26.0 Å². The molecule has 0 saturated heterocycles. The molecular formula is C44H63N3O15. The van der Waals surface area contributed by atoms with Gasteiger partial charge in [-0.15, -0.1) is 0 Å². The summed E-state index contributed by atoms with van der Waals surface area (Å²) < 4.78 is 10.1. The first-order chi connectivity index (χ1) is 29.7. The fourth-order valence-electron chi connectivity index (χ4n) is 6.50. The fraction of sp³-hybridized carbons (Fsp3) is 0.523. The monoisotopic (exact) mass is 873 g/mol. The van der Waals surface area contributed by atoms with Crippen molar-refractivity contribution in [2.24, 2.45) is 0 Å². The number of hydrogen-bond donors (Lipinski definition) is 12. The molecule has 0 heterocycles. The number of carbonyl (C=O) groups excluding carboxylic acids is 3. The van der Waals surface area contributed by atoms with Crippen LogP contribution in [-0.2, 0) is 38.5 Å². The summed E-state index contributed by atoms with van der Waals surface area (Å²) >= 11 is 0. The molecule has 62 heavy (non-hydrogen) atoms. The number of nitrogens with zero attached hydrogens (tertiary/aromatic N) is 1. The lowest BCUT2D eigenvalue weighted by atomic mass is 9.99. The maximum absolute atomic E-state index is 13.1. The number of ether oxygens (including phenoxy) is 2. The van der Waals surface area contributed by atoms with Gasteiger partial charge in [0.2, 0.25) is 5.91 Å². The minimum absolute atomic E-state index is 0.00159. The number of carbonyl (C=O) groups is 3. The van der Waals surface area contributed by atoms with Crippen molar-refractivity contribution in [1.29, 1.82) is 0 Å². The van der Waals surface area contributed by atoms with E-state index in [1.54, 1.807) is 0 Å². The van der Waals surface area contributed by atoms with Crippen LogP contribution in [0.5, 0.6) is 0 Å². The number of rotatable bonds is 28. The summed E-state index contributed by atoms with van der Waals surface area (Å²) in [6.45, 7) is -2.41. The molecule has 0 bridgehead atoms. The van der Waals surface area contributed by atoms with Crippen LogP contribution in [0.3, 0.4) is 0 Å². The molecule has 0 aliphatic rings. The third-order valence-corrected chi connectivity index (χ3v) is 10.4. The molecule has 0 unspecified atom stereocenters. The number of unbranched alkanes of at least 4 members (excludes halogenated alkanes) is 1. The third kappa shape index (κ3) is 17.7. The number of alkyl carbamates (subject to hydrolysis) is 1. The average Bonchev–Trinajstić information content (AvgIpc) is 3.29. The van der Waals surface area contributed by atoms with Crippen LogP contribution in [-0.4, -0.2) is 175 Å². The highest BCUT2D eigenvalue weighted by Crippen LogP contribution is 2.22. The Labute approximate surface area is 361 Å². The van der Waals surface area contributed by atoms with Crippen LogP contribution in [0, 0.1) is 0 Å².